The fourth-order valence-electron chi connectivity index (χ4n) is 2.31. The van der Waals surface area contributed by atoms with Crippen LogP contribution in [-0.2, 0) is 0 Å². The number of hydrogen-bond donors (Lipinski definition) is 1. The second-order valence-electron chi connectivity index (χ2n) is 4.52. The molecule has 1 N–H and O–H groups in total. The van der Waals surface area contributed by atoms with Gasteiger partial charge in [-0.25, -0.2) is 0 Å². The molecule has 6 heteroatoms. The first kappa shape index (κ1) is 10.7. The van der Waals surface area contributed by atoms with E-state index in [2.05, 4.69) is 15.4 Å². The molecule has 0 aliphatic carbocycles. The van der Waals surface area contributed by atoms with Crippen LogP contribution in [0.5, 0.6) is 0 Å². The van der Waals surface area contributed by atoms with E-state index in [0.717, 1.165) is 39.3 Å². The normalized spacial score (nSPS) is 22.5. The predicted molar refractivity (Wildman–Crippen MR) is 60.6 cm³/mol. The third-order valence-corrected chi connectivity index (χ3v) is 3.53. The van der Waals surface area contributed by atoms with Crippen LogP contribution >= 0.6 is 0 Å². The summed E-state index contributed by atoms with van der Waals surface area (Å²) in [5.41, 5.74) is 0.406. The van der Waals surface area contributed by atoms with Crippen molar-refractivity contribution in [1.29, 1.82) is 0 Å². The van der Waals surface area contributed by atoms with Crippen molar-refractivity contribution >= 4 is 5.91 Å². The second kappa shape index (κ2) is 4.46. The molecule has 3 rings (SSSR count). The molecular weight excluding hydrogens is 220 g/mol. The van der Waals surface area contributed by atoms with Gasteiger partial charge in [0, 0.05) is 51.4 Å². The number of hydrogen-bond acceptors (Lipinski definition) is 5. The number of nitrogens with one attached hydrogen (secondary N) is 1. The Morgan fingerprint density at radius 2 is 2.12 bits per heavy atom. The summed E-state index contributed by atoms with van der Waals surface area (Å²) in [4.78, 5) is 16.3. The first-order valence-corrected chi connectivity index (χ1v) is 5.99. The van der Waals surface area contributed by atoms with Crippen molar-refractivity contribution in [3.63, 3.8) is 0 Å². The minimum atomic E-state index is -0.0230. The molecule has 0 saturated carbocycles. The summed E-state index contributed by atoms with van der Waals surface area (Å²) >= 11 is 0. The van der Waals surface area contributed by atoms with Crippen molar-refractivity contribution in [2.24, 2.45) is 0 Å². The molecule has 1 amide bonds. The van der Waals surface area contributed by atoms with Crippen molar-refractivity contribution in [3.05, 3.63) is 18.0 Å². The molecule has 1 aromatic heterocycles. The van der Waals surface area contributed by atoms with Crippen molar-refractivity contribution < 1.29 is 9.32 Å². The summed E-state index contributed by atoms with van der Waals surface area (Å²) in [5, 5.41) is 6.95. The maximum absolute atomic E-state index is 12.0. The van der Waals surface area contributed by atoms with E-state index in [9.17, 15) is 4.79 Å². The molecule has 0 bridgehead atoms. The number of amides is 1. The van der Waals surface area contributed by atoms with Gasteiger partial charge in [0.2, 0.25) is 0 Å². The lowest BCUT2D eigenvalue weighted by atomic mass is 10.1. The molecule has 2 saturated heterocycles. The summed E-state index contributed by atoms with van der Waals surface area (Å²) in [6, 6.07) is 2.28. The van der Waals surface area contributed by atoms with Crippen LogP contribution in [0.15, 0.2) is 16.9 Å². The van der Waals surface area contributed by atoms with Crippen LogP contribution in [0.4, 0.5) is 0 Å². The topological polar surface area (TPSA) is 61.6 Å². The molecule has 0 atom stereocenters. The van der Waals surface area contributed by atoms with E-state index in [-0.39, 0.29) is 5.91 Å². The smallest absolute Gasteiger partial charge is 0.276 e. The summed E-state index contributed by atoms with van der Waals surface area (Å²) in [6.07, 6.45) is 1.43. The molecule has 0 spiro atoms. The first-order chi connectivity index (χ1) is 8.34. The van der Waals surface area contributed by atoms with Gasteiger partial charge in [0.25, 0.3) is 5.91 Å². The molecule has 0 radical (unpaired) electrons. The maximum atomic E-state index is 12.0. The summed E-state index contributed by atoms with van der Waals surface area (Å²) in [5.74, 6) is -0.0230. The van der Waals surface area contributed by atoms with Crippen molar-refractivity contribution in [2.75, 3.05) is 39.3 Å². The summed E-state index contributed by atoms with van der Waals surface area (Å²) in [6.45, 7) is 5.63. The molecule has 2 aliphatic rings. The number of piperazine rings is 1. The lowest BCUT2D eigenvalue weighted by Gasteiger charge is -2.43. The third kappa shape index (κ3) is 2.05. The molecule has 3 heterocycles. The molecule has 92 valence electrons. The Morgan fingerprint density at radius 1 is 1.35 bits per heavy atom. The Kier molecular flexibility index (Phi) is 2.82. The van der Waals surface area contributed by atoms with Crippen molar-refractivity contribution in [2.45, 2.75) is 6.04 Å². The quantitative estimate of drug-likeness (QED) is 0.743. The van der Waals surface area contributed by atoms with E-state index < -0.39 is 0 Å². The van der Waals surface area contributed by atoms with Gasteiger partial charge in [0.1, 0.15) is 6.26 Å². The number of aromatic nitrogens is 1. The number of carbonyl (C=O) groups excluding carboxylic acids is 1. The fraction of sp³-hybridized carbons (Fsp3) is 0.636. The lowest BCUT2D eigenvalue weighted by molar-refractivity contribution is 0.0494. The highest BCUT2D eigenvalue weighted by atomic mass is 16.5. The first-order valence-electron chi connectivity index (χ1n) is 5.99. The molecule has 2 fully saturated rings. The zero-order valence-electron chi connectivity index (χ0n) is 9.63. The minimum Gasteiger partial charge on any atom is -0.364 e. The summed E-state index contributed by atoms with van der Waals surface area (Å²) < 4.78 is 4.70. The van der Waals surface area contributed by atoms with E-state index in [0.29, 0.717) is 11.7 Å². The third-order valence-electron chi connectivity index (χ3n) is 3.53. The molecule has 1 aromatic rings. The molecule has 17 heavy (non-hydrogen) atoms. The monoisotopic (exact) mass is 236 g/mol. The Bertz CT molecular complexity index is 380. The van der Waals surface area contributed by atoms with E-state index in [1.807, 2.05) is 4.90 Å². The Morgan fingerprint density at radius 3 is 2.65 bits per heavy atom. The number of nitrogens with zero attached hydrogens (tertiary/aromatic N) is 3. The van der Waals surface area contributed by atoms with Crippen LogP contribution in [0.25, 0.3) is 0 Å². The van der Waals surface area contributed by atoms with E-state index in [1.165, 1.54) is 6.26 Å². The van der Waals surface area contributed by atoms with Crippen molar-refractivity contribution in [3.8, 4) is 0 Å². The largest absolute Gasteiger partial charge is 0.364 e. The predicted octanol–water partition coefficient (Wildman–Crippen LogP) is -0.596. The molecular formula is C11H16N4O2. The van der Waals surface area contributed by atoms with Crippen LogP contribution < -0.4 is 5.32 Å². The Balaban J connectivity index is 1.55. The van der Waals surface area contributed by atoms with E-state index >= 15 is 0 Å². The van der Waals surface area contributed by atoms with E-state index in [1.54, 1.807) is 6.07 Å². The van der Waals surface area contributed by atoms with Gasteiger partial charge in [-0.05, 0) is 0 Å². The van der Waals surface area contributed by atoms with Gasteiger partial charge in [-0.1, -0.05) is 5.16 Å². The van der Waals surface area contributed by atoms with Gasteiger partial charge < -0.3 is 14.7 Å². The van der Waals surface area contributed by atoms with Crippen LogP contribution in [0.2, 0.25) is 0 Å². The van der Waals surface area contributed by atoms with Gasteiger partial charge in [-0.15, -0.1) is 0 Å². The van der Waals surface area contributed by atoms with Gasteiger partial charge in [0.05, 0.1) is 0 Å². The van der Waals surface area contributed by atoms with Gasteiger partial charge >= 0.3 is 0 Å². The van der Waals surface area contributed by atoms with Gasteiger partial charge in [0.15, 0.2) is 5.69 Å². The minimum absolute atomic E-state index is 0.0230. The number of rotatable bonds is 2. The van der Waals surface area contributed by atoms with Crippen LogP contribution in [0, 0.1) is 0 Å². The van der Waals surface area contributed by atoms with Gasteiger partial charge in [-0.3, -0.25) is 9.69 Å². The Hall–Kier alpha value is -1.40. The molecule has 0 aromatic carbocycles. The van der Waals surface area contributed by atoms with Crippen molar-refractivity contribution in [1.82, 2.24) is 20.3 Å². The highest BCUT2D eigenvalue weighted by Crippen LogP contribution is 2.11. The zero-order chi connectivity index (χ0) is 11.7. The fourth-order valence-corrected chi connectivity index (χ4v) is 2.31. The highest BCUT2D eigenvalue weighted by molar-refractivity contribution is 5.92. The van der Waals surface area contributed by atoms with Crippen LogP contribution in [0.1, 0.15) is 10.5 Å². The SMILES string of the molecule is O=C(c1ccon1)N1CCN(C2CNC2)CC1. The lowest BCUT2D eigenvalue weighted by Crippen LogP contribution is -2.62. The summed E-state index contributed by atoms with van der Waals surface area (Å²) in [7, 11) is 0. The number of carbonyl (C=O) groups is 1. The Labute approximate surface area is 99.5 Å². The molecule has 6 nitrogen and oxygen atoms in total. The average molecular weight is 236 g/mol. The molecule has 0 unspecified atom stereocenters. The van der Waals surface area contributed by atoms with Gasteiger partial charge in [-0.2, -0.15) is 0 Å². The maximum Gasteiger partial charge on any atom is 0.276 e. The zero-order valence-corrected chi connectivity index (χ0v) is 9.63. The van der Waals surface area contributed by atoms with Crippen LogP contribution in [0.3, 0.4) is 0 Å². The van der Waals surface area contributed by atoms with Crippen LogP contribution in [-0.4, -0.2) is 66.2 Å². The van der Waals surface area contributed by atoms with E-state index in [4.69, 9.17) is 4.52 Å². The molecule has 2 aliphatic heterocycles. The standard InChI is InChI=1S/C11H16N4O2/c16-11(10-1-6-17-13-10)15-4-2-14(3-5-15)9-7-12-8-9/h1,6,9,12H,2-5,7-8H2. The second-order valence-corrected chi connectivity index (χ2v) is 4.52. The average Bonchev–Trinajstić information content (AvgIpc) is 2.80. The highest BCUT2D eigenvalue weighted by Gasteiger charge is 2.29.